The molecule has 1 rings (SSSR count). The third kappa shape index (κ3) is 3.56. The Morgan fingerprint density at radius 3 is 2.50 bits per heavy atom. The summed E-state index contributed by atoms with van der Waals surface area (Å²) in [7, 11) is 0. The summed E-state index contributed by atoms with van der Waals surface area (Å²) < 4.78 is 26.4. The van der Waals surface area contributed by atoms with Crippen molar-refractivity contribution in [1.82, 2.24) is 5.32 Å². The van der Waals surface area contributed by atoms with E-state index in [4.69, 9.17) is 11.6 Å². The average Bonchev–Trinajstić information content (AvgIpc) is 2.16. The standard InChI is InChI=1S/C11H12ClF2NO/c1-7(12)5-15-6-10(16)11-8(13)3-2-4-9(11)14/h2-4,10,15-16H,1,5-6H2. The Hall–Kier alpha value is -0.970. The van der Waals surface area contributed by atoms with Crippen LogP contribution in [0, 0.1) is 11.6 Å². The van der Waals surface area contributed by atoms with E-state index in [1.54, 1.807) is 0 Å². The number of rotatable bonds is 5. The number of hydrogen-bond acceptors (Lipinski definition) is 2. The molecule has 0 spiro atoms. The summed E-state index contributed by atoms with van der Waals surface area (Å²) in [5.74, 6) is -1.53. The molecule has 1 atom stereocenters. The van der Waals surface area contributed by atoms with Crippen molar-refractivity contribution in [2.45, 2.75) is 6.10 Å². The lowest BCUT2D eigenvalue weighted by molar-refractivity contribution is 0.166. The minimum atomic E-state index is -1.25. The van der Waals surface area contributed by atoms with Crippen LogP contribution in [0.4, 0.5) is 8.78 Å². The van der Waals surface area contributed by atoms with Crippen molar-refractivity contribution in [3.8, 4) is 0 Å². The normalized spacial score (nSPS) is 12.5. The zero-order valence-corrected chi connectivity index (χ0v) is 9.27. The highest BCUT2D eigenvalue weighted by atomic mass is 35.5. The first-order chi connectivity index (χ1) is 7.52. The molecule has 1 aromatic carbocycles. The van der Waals surface area contributed by atoms with E-state index in [0.717, 1.165) is 12.1 Å². The highest BCUT2D eigenvalue weighted by Crippen LogP contribution is 2.19. The molecular weight excluding hydrogens is 236 g/mol. The van der Waals surface area contributed by atoms with Crippen LogP contribution in [-0.2, 0) is 0 Å². The molecule has 0 saturated carbocycles. The summed E-state index contributed by atoms with van der Waals surface area (Å²) in [4.78, 5) is 0. The highest BCUT2D eigenvalue weighted by Gasteiger charge is 2.16. The van der Waals surface area contributed by atoms with E-state index in [1.807, 2.05) is 0 Å². The molecule has 0 saturated heterocycles. The molecule has 1 aromatic rings. The van der Waals surface area contributed by atoms with E-state index in [2.05, 4.69) is 11.9 Å². The molecule has 0 aliphatic carbocycles. The number of halogens is 3. The van der Waals surface area contributed by atoms with Crippen LogP contribution < -0.4 is 5.32 Å². The van der Waals surface area contributed by atoms with Crippen LogP contribution in [-0.4, -0.2) is 18.2 Å². The topological polar surface area (TPSA) is 32.3 Å². The second kappa shape index (κ2) is 5.94. The Kier molecular flexibility index (Phi) is 4.86. The van der Waals surface area contributed by atoms with Crippen molar-refractivity contribution < 1.29 is 13.9 Å². The number of aliphatic hydroxyl groups excluding tert-OH is 1. The lowest BCUT2D eigenvalue weighted by atomic mass is 10.1. The average molecular weight is 248 g/mol. The molecule has 16 heavy (non-hydrogen) atoms. The van der Waals surface area contributed by atoms with Crippen molar-refractivity contribution in [2.24, 2.45) is 0 Å². The van der Waals surface area contributed by atoms with Crippen LogP contribution in [0.5, 0.6) is 0 Å². The Bertz CT molecular complexity index is 364. The summed E-state index contributed by atoms with van der Waals surface area (Å²) in [5, 5.41) is 12.7. The second-order valence-corrected chi connectivity index (χ2v) is 3.83. The summed E-state index contributed by atoms with van der Waals surface area (Å²) >= 11 is 5.48. The maximum absolute atomic E-state index is 13.2. The SMILES string of the molecule is C=C(Cl)CNCC(O)c1c(F)cccc1F. The van der Waals surface area contributed by atoms with Gasteiger partial charge in [-0.3, -0.25) is 0 Å². The molecule has 0 amide bonds. The first kappa shape index (κ1) is 13.1. The van der Waals surface area contributed by atoms with Gasteiger partial charge in [0.15, 0.2) is 0 Å². The summed E-state index contributed by atoms with van der Waals surface area (Å²) in [6.07, 6.45) is -1.25. The molecule has 2 N–H and O–H groups in total. The maximum Gasteiger partial charge on any atom is 0.131 e. The fraction of sp³-hybridized carbons (Fsp3) is 0.273. The van der Waals surface area contributed by atoms with Crippen LogP contribution in [0.3, 0.4) is 0 Å². The first-order valence-corrected chi connectivity index (χ1v) is 5.06. The lowest BCUT2D eigenvalue weighted by Crippen LogP contribution is -2.23. The molecule has 0 radical (unpaired) electrons. The van der Waals surface area contributed by atoms with Gasteiger partial charge in [-0.05, 0) is 12.1 Å². The fourth-order valence-electron chi connectivity index (χ4n) is 1.28. The van der Waals surface area contributed by atoms with Gasteiger partial charge >= 0.3 is 0 Å². The van der Waals surface area contributed by atoms with E-state index < -0.39 is 17.7 Å². The van der Waals surface area contributed by atoms with Gasteiger partial charge in [0.05, 0.1) is 11.7 Å². The zero-order chi connectivity index (χ0) is 12.1. The van der Waals surface area contributed by atoms with Gasteiger partial charge in [0.1, 0.15) is 11.6 Å². The fourth-order valence-corrected chi connectivity index (χ4v) is 1.37. The van der Waals surface area contributed by atoms with E-state index in [-0.39, 0.29) is 18.7 Å². The van der Waals surface area contributed by atoms with Crippen molar-refractivity contribution in [1.29, 1.82) is 0 Å². The van der Waals surface area contributed by atoms with Crippen molar-refractivity contribution in [2.75, 3.05) is 13.1 Å². The monoisotopic (exact) mass is 247 g/mol. The van der Waals surface area contributed by atoms with Gasteiger partial charge in [0, 0.05) is 18.1 Å². The van der Waals surface area contributed by atoms with Crippen molar-refractivity contribution >= 4 is 11.6 Å². The highest BCUT2D eigenvalue weighted by molar-refractivity contribution is 6.29. The van der Waals surface area contributed by atoms with Gasteiger partial charge in [0.25, 0.3) is 0 Å². The summed E-state index contributed by atoms with van der Waals surface area (Å²) in [6.45, 7) is 3.71. The Balaban J connectivity index is 2.65. The lowest BCUT2D eigenvalue weighted by Gasteiger charge is -2.13. The van der Waals surface area contributed by atoms with Gasteiger partial charge in [-0.25, -0.2) is 8.78 Å². The molecule has 0 fully saturated rings. The zero-order valence-electron chi connectivity index (χ0n) is 8.51. The molecule has 5 heteroatoms. The van der Waals surface area contributed by atoms with Gasteiger partial charge in [-0.15, -0.1) is 0 Å². The van der Waals surface area contributed by atoms with Crippen molar-refractivity contribution in [3.63, 3.8) is 0 Å². The van der Waals surface area contributed by atoms with Gasteiger partial charge in [-0.1, -0.05) is 24.2 Å². The smallest absolute Gasteiger partial charge is 0.131 e. The number of nitrogens with one attached hydrogen (secondary N) is 1. The maximum atomic E-state index is 13.2. The Morgan fingerprint density at radius 2 is 2.00 bits per heavy atom. The molecule has 88 valence electrons. The van der Waals surface area contributed by atoms with Gasteiger partial charge < -0.3 is 10.4 Å². The summed E-state index contributed by atoms with van der Waals surface area (Å²) in [5.41, 5.74) is -0.338. The van der Waals surface area contributed by atoms with Crippen LogP contribution in [0.2, 0.25) is 0 Å². The van der Waals surface area contributed by atoms with Gasteiger partial charge in [-0.2, -0.15) is 0 Å². The molecule has 0 aliphatic heterocycles. The number of aliphatic hydroxyl groups is 1. The van der Waals surface area contributed by atoms with Crippen LogP contribution in [0.25, 0.3) is 0 Å². The van der Waals surface area contributed by atoms with E-state index in [9.17, 15) is 13.9 Å². The molecule has 0 aromatic heterocycles. The third-order valence-electron chi connectivity index (χ3n) is 1.99. The van der Waals surface area contributed by atoms with E-state index >= 15 is 0 Å². The molecule has 0 aliphatic rings. The first-order valence-electron chi connectivity index (χ1n) is 4.68. The van der Waals surface area contributed by atoms with Crippen molar-refractivity contribution in [3.05, 3.63) is 47.0 Å². The van der Waals surface area contributed by atoms with Crippen LogP contribution in [0.1, 0.15) is 11.7 Å². The molecule has 1 unspecified atom stereocenters. The molecule has 0 heterocycles. The van der Waals surface area contributed by atoms with Crippen LogP contribution >= 0.6 is 11.6 Å². The predicted molar refractivity (Wildman–Crippen MR) is 59.2 cm³/mol. The molecule has 2 nitrogen and oxygen atoms in total. The van der Waals surface area contributed by atoms with E-state index in [1.165, 1.54) is 6.07 Å². The number of benzene rings is 1. The summed E-state index contributed by atoms with van der Waals surface area (Å²) in [6, 6.07) is 3.44. The molecular formula is C11H12ClF2NO. The van der Waals surface area contributed by atoms with Crippen LogP contribution in [0.15, 0.2) is 29.8 Å². The van der Waals surface area contributed by atoms with E-state index in [0.29, 0.717) is 5.03 Å². The Morgan fingerprint density at radius 1 is 1.44 bits per heavy atom. The minimum absolute atomic E-state index is 0.00356. The van der Waals surface area contributed by atoms with Gasteiger partial charge in [0.2, 0.25) is 0 Å². The largest absolute Gasteiger partial charge is 0.387 e. The predicted octanol–water partition coefficient (Wildman–Crippen LogP) is 2.34. The third-order valence-corrected chi connectivity index (χ3v) is 2.12. The number of hydrogen-bond donors (Lipinski definition) is 2. The second-order valence-electron chi connectivity index (χ2n) is 3.30. The Labute approximate surface area is 97.5 Å². The minimum Gasteiger partial charge on any atom is -0.387 e. The molecule has 0 bridgehead atoms. The quantitative estimate of drug-likeness (QED) is 0.837.